The van der Waals surface area contributed by atoms with E-state index in [-0.39, 0.29) is 13.2 Å². The summed E-state index contributed by atoms with van der Waals surface area (Å²) >= 11 is 1.50. The van der Waals surface area contributed by atoms with Gasteiger partial charge in [-0.05, 0) is 43.7 Å². The number of methoxy groups -OCH3 is 1. The molecule has 6 nitrogen and oxygen atoms in total. The smallest absolute Gasteiger partial charge is 0.357 e. The Morgan fingerprint density at radius 3 is 2.52 bits per heavy atom. The molecule has 8 heteroatoms. The predicted molar refractivity (Wildman–Crippen MR) is 110 cm³/mol. The van der Waals surface area contributed by atoms with Gasteiger partial charge in [0, 0.05) is 0 Å². The van der Waals surface area contributed by atoms with E-state index in [0.717, 1.165) is 15.8 Å². The summed E-state index contributed by atoms with van der Waals surface area (Å²) in [4.78, 5) is 4.60. The topological polar surface area (TPSA) is 69.7 Å². The van der Waals surface area contributed by atoms with Crippen LogP contribution in [0.4, 0.5) is 5.13 Å². The van der Waals surface area contributed by atoms with Gasteiger partial charge in [0.2, 0.25) is 0 Å². The van der Waals surface area contributed by atoms with Gasteiger partial charge in [0.25, 0.3) is 0 Å². The molecule has 3 rings (SSSR count). The fourth-order valence-electron chi connectivity index (χ4n) is 2.75. The highest BCUT2D eigenvalue weighted by molar-refractivity contribution is 7.54. The molecule has 0 aliphatic heterocycles. The lowest BCUT2D eigenvalue weighted by atomic mass is 10.2. The number of nitrogens with one attached hydrogen (secondary N) is 1. The molecule has 0 bridgehead atoms. The lowest BCUT2D eigenvalue weighted by molar-refractivity contribution is 0.214. The Balaban J connectivity index is 2.03. The van der Waals surface area contributed by atoms with Crippen molar-refractivity contribution in [3.8, 4) is 5.75 Å². The van der Waals surface area contributed by atoms with Crippen LogP contribution in [-0.4, -0.2) is 25.3 Å². The lowest BCUT2D eigenvalue weighted by Gasteiger charge is -2.27. The summed E-state index contributed by atoms with van der Waals surface area (Å²) in [7, 11) is -1.89. The Morgan fingerprint density at radius 2 is 1.85 bits per heavy atom. The number of fused-ring (bicyclic) bond motifs is 1. The van der Waals surface area contributed by atoms with Crippen LogP contribution >= 0.6 is 18.9 Å². The summed E-state index contributed by atoms with van der Waals surface area (Å²) in [5.41, 5.74) is 1.64. The second-order valence-electron chi connectivity index (χ2n) is 5.69. The molecule has 0 saturated heterocycles. The van der Waals surface area contributed by atoms with Crippen LogP contribution in [0.3, 0.4) is 0 Å². The molecule has 144 valence electrons. The summed E-state index contributed by atoms with van der Waals surface area (Å²) in [5.74, 6) is -0.0313. The van der Waals surface area contributed by atoms with Gasteiger partial charge in [-0.1, -0.05) is 35.6 Å². The maximum atomic E-state index is 13.6. The average Bonchev–Trinajstić information content (AvgIpc) is 3.09. The molecule has 0 aliphatic rings. The molecule has 1 heterocycles. The van der Waals surface area contributed by atoms with Crippen LogP contribution in [0.15, 0.2) is 48.5 Å². The van der Waals surface area contributed by atoms with E-state index in [0.29, 0.717) is 10.9 Å². The van der Waals surface area contributed by atoms with Gasteiger partial charge in [-0.3, -0.25) is 4.57 Å². The van der Waals surface area contributed by atoms with E-state index < -0.39 is 13.4 Å². The zero-order chi connectivity index (χ0) is 19.3. The number of thiazole rings is 1. The number of anilines is 1. The molecule has 1 atom stereocenters. The zero-order valence-corrected chi connectivity index (χ0v) is 17.3. The van der Waals surface area contributed by atoms with Crippen molar-refractivity contribution in [3.63, 3.8) is 0 Å². The standard InChI is InChI=1S/C19H23N2O4PS/c1-4-24-26(22,25-5-2)18(14-9-8-10-15(13-14)23-3)21-19-20-16-11-6-7-12-17(16)27-19/h6-13,18H,4-5H2,1-3H3,(H,20,21). The van der Waals surface area contributed by atoms with E-state index in [2.05, 4.69) is 10.3 Å². The van der Waals surface area contributed by atoms with Gasteiger partial charge >= 0.3 is 7.60 Å². The van der Waals surface area contributed by atoms with Crippen molar-refractivity contribution < 1.29 is 18.3 Å². The Morgan fingerprint density at radius 1 is 1.11 bits per heavy atom. The predicted octanol–water partition coefficient (Wildman–Crippen LogP) is 5.68. The first-order valence-electron chi connectivity index (χ1n) is 8.74. The molecule has 0 radical (unpaired) electrons. The number of hydrogen-bond acceptors (Lipinski definition) is 7. The molecular weight excluding hydrogens is 383 g/mol. The van der Waals surface area contributed by atoms with Gasteiger partial charge in [0.15, 0.2) is 10.9 Å². The molecule has 0 aliphatic carbocycles. The Labute approximate surface area is 163 Å². The molecule has 27 heavy (non-hydrogen) atoms. The van der Waals surface area contributed by atoms with Gasteiger partial charge in [0.05, 0.1) is 30.5 Å². The molecule has 1 unspecified atom stereocenters. The van der Waals surface area contributed by atoms with Crippen LogP contribution in [-0.2, 0) is 13.6 Å². The van der Waals surface area contributed by atoms with Gasteiger partial charge < -0.3 is 19.1 Å². The number of rotatable bonds is 9. The zero-order valence-electron chi connectivity index (χ0n) is 15.5. The van der Waals surface area contributed by atoms with E-state index >= 15 is 0 Å². The number of nitrogens with zero attached hydrogens (tertiary/aromatic N) is 1. The number of ether oxygens (including phenoxy) is 1. The third-order valence-corrected chi connectivity index (χ3v) is 7.16. The van der Waals surface area contributed by atoms with E-state index in [9.17, 15) is 4.57 Å². The molecule has 3 aromatic rings. The van der Waals surface area contributed by atoms with E-state index in [1.165, 1.54) is 11.3 Å². The highest BCUT2D eigenvalue weighted by Crippen LogP contribution is 2.61. The van der Waals surface area contributed by atoms with Crippen molar-refractivity contribution in [1.82, 2.24) is 4.98 Å². The number of hydrogen-bond donors (Lipinski definition) is 1. The first kappa shape index (κ1) is 19.8. The monoisotopic (exact) mass is 406 g/mol. The number of benzene rings is 2. The molecule has 1 aromatic heterocycles. The van der Waals surface area contributed by atoms with Gasteiger partial charge in [-0.15, -0.1) is 0 Å². The SMILES string of the molecule is CCOP(=O)(OCC)C(Nc1nc2ccccc2s1)c1cccc(OC)c1. The first-order chi connectivity index (χ1) is 13.1. The van der Waals surface area contributed by atoms with Crippen LogP contribution in [0.2, 0.25) is 0 Å². The third-order valence-electron chi connectivity index (χ3n) is 3.90. The van der Waals surface area contributed by atoms with Crippen molar-refractivity contribution in [2.45, 2.75) is 19.6 Å². The third kappa shape index (κ3) is 4.50. The highest BCUT2D eigenvalue weighted by Gasteiger charge is 2.38. The minimum atomic E-state index is -3.49. The van der Waals surface area contributed by atoms with E-state index in [1.807, 2.05) is 48.5 Å². The fourth-order valence-corrected chi connectivity index (χ4v) is 5.63. The maximum absolute atomic E-state index is 13.6. The van der Waals surface area contributed by atoms with Crippen LogP contribution in [0.5, 0.6) is 5.75 Å². The van der Waals surface area contributed by atoms with Crippen molar-refractivity contribution in [3.05, 3.63) is 54.1 Å². The average molecular weight is 406 g/mol. The van der Waals surface area contributed by atoms with Crippen LogP contribution < -0.4 is 10.1 Å². The Kier molecular flexibility index (Phi) is 6.50. The highest BCUT2D eigenvalue weighted by atomic mass is 32.1. The van der Waals surface area contributed by atoms with E-state index in [4.69, 9.17) is 13.8 Å². The second kappa shape index (κ2) is 8.85. The first-order valence-corrected chi connectivity index (χ1v) is 11.2. The molecule has 0 fully saturated rings. The van der Waals surface area contributed by atoms with Gasteiger partial charge in [-0.25, -0.2) is 4.98 Å². The van der Waals surface area contributed by atoms with Crippen molar-refractivity contribution >= 4 is 34.3 Å². The summed E-state index contributed by atoms with van der Waals surface area (Å²) in [6.45, 7) is 4.15. The van der Waals surface area contributed by atoms with Crippen molar-refractivity contribution in [2.24, 2.45) is 0 Å². The summed E-state index contributed by atoms with van der Waals surface area (Å²) in [6, 6.07) is 15.2. The maximum Gasteiger partial charge on any atom is 0.357 e. The Hall–Kier alpha value is -1.92. The molecule has 0 spiro atoms. The fraction of sp³-hybridized carbons (Fsp3) is 0.316. The number of para-hydroxylation sites is 1. The Bertz CT molecular complexity index is 903. The normalized spacial score (nSPS) is 12.9. The van der Waals surface area contributed by atoms with E-state index in [1.54, 1.807) is 21.0 Å². The molecular formula is C19H23N2O4PS. The molecule has 0 amide bonds. The molecule has 0 saturated carbocycles. The minimum Gasteiger partial charge on any atom is -0.497 e. The molecule has 2 aromatic carbocycles. The summed E-state index contributed by atoms with van der Waals surface area (Å²) in [5, 5.41) is 3.94. The number of aromatic nitrogens is 1. The summed E-state index contributed by atoms with van der Waals surface area (Å²) < 4.78 is 31.2. The van der Waals surface area contributed by atoms with Crippen molar-refractivity contribution in [2.75, 3.05) is 25.6 Å². The second-order valence-corrected chi connectivity index (χ2v) is 8.83. The van der Waals surface area contributed by atoms with Crippen LogP contribution in [0, 0.1) is 0 Å². The lowest BCUT2D eigenvalue weighted by Crippen LogP contribution is -2.15. The molecule has 1 N–H and O–H groups in total. The summed E-state index contributed by atoms with van der Waals surface area (Å²) in [6.07, 6.45) is 0. The quantitative estimate of drug-likeness (QED) is 0.461. The van der Waals surface area contributed by atoms with Gasteiger partial charge in [0.1, 0.15) is 5.75 Å². The van der Waals surface area contributed by atoms with Crippen LogP contribution in [0.1, 0.15) is 25.2 Å². The van der Waals surface area contributed by atoms with Crippen molar-refractivity contribution in [1.29, 1.82) is 0 Å². The van der Waals surface area contributed by atoms with Gasteiger partial charge in [-0.2, -0.15) is 0 Å². The largest absolute Gasteiger partial charge is 0.497 e. The minimum absolute atomic E-state index is 0.277. The van der Waals surface area contributed by atoms with Crippen LogP contribution in [0.25, 0.3) is 10.2 Å².